The molecular formula is C26H24N2O2. The first-order valence-electron chi connectivity index (χ1n) is 10.3. The van der Waals surface area contributed by atoms with Crippen molar-refractivity contribution in [2.75, 3.05) is 13.1 Å². The third-order valence-corrected chi connectivity index (χ3v) is 5.95. The zero-order valence-corrected chi connectivity index (χ0v) is 16.8. The minimum absolute atomic E-state index is 0.105. The van der Waals surface area contributed by atoms with Gasteiger partial charge in [0.2, 0.25) is 0 Å². The van der Waals surface area contributed by atoms with Crippen molar-refractivity contribution in [3.63, 3.8) is 0 Å². The van der Waals surface area contributed by atoms with Gasteiger partial charge in [-0.25, -0.2) is 4.79 Å². The Morgan fingerprint density at radius 3 is 1.77 bits per heavy atom. The number of hydrogen-bond donors (Lipinski definition) is 0. The highest BCUT2D eigenvalue weighted by Crippen LogP contribution is 2.43. The molecule has 0 radical (unpaired) electrons. The van der Waals surface area contributed by atoms with E-state index in [1.165, 1.54) is 0 Å². The van der Waals surface area contributed by atoms with Crippen LogP contribution in [0.15, 0.2) is 91.0 Å². The van der Waals surface area contributed by atoms with E-state index in [4.69, 9.17) is 4.74 Å². The summed E-state index contributed by atoms with van der Waals surface area (Å²) in [7, 11) is 0. The van der Waals surface area contributed by atoms with Crippen LogP contribution in [0.4, 0.5) is 4.79 Å². The number of carbonyl (C=O) groups is 1. The molecule has 1 aliphatic heterocycles. The van der Waals surface area contributed by atoms with Crippen LogP contribution in [0.3, 0.4) is 0 Å². The predicted molar refractivity (Wildman–Crippen MR) is 116 cm³/mol. The van der Waals surface area contributed by atoms with Crippen molar-refractivity contribution >= 4 is 6.09 Å². The Labute approximate surface area is 177 Å². The number of amides is 1. The number of piperidine rings is 1. The molecule has 1 fully saturated rings. The highest BCUT2D eigenvalue weighted by atomic mass is 16.6. The summed E-state index contributed by atoms with van der Waals surface area (Å²) in [5.74, 6) is 0.651. The van der Waals surface area contributed by atoms with Gasteiger partial charge in [-0.1, -0.05) is 78.9 Å². The first-order valence-corrected chi connectivity index (χ1v) is 10.3. The lowest BCUT2D eigenvalue weighted by Gasteiger charge is -2.41. The number of hydrogen-bond acceptors (Lipinski definition) is 3. The average molecular weight is 396 g/mol. The normalized spacial score (nSPS) is 14.7. The van der Waals surface area contributed by atoms with Crippen LogP contribution >= 0.6 is 0 Å². The molecule has 1 amide bonds. The second-order valence-corrected chi connectivity index (χ2v) is 7.59. The minimum atomic E-state index is -0.738. The Morgan fingerprint density at radius 2 is 1.30 bits per heavy atom. The van der Waals surface area contributed by atoms with E-state index >= 15 is 0 Å². The largest absolute Gasteiger partial charge is 0.415 e. The number of rotatable bonds is 4. The van der Waals surface area contributed by atoms with Crippen LogP contribution in [0.1, 0.15) is 24.0 Å². The number of likely N-dealkylation sites (tertiary alicyclic amines) is 1. The van der Waals surface area contributed by atoms with Gasteiger partial charge in [0, 0.05) is 13.1 Å². The molecule has 4 rings (SSSR count). The fourth-order valence-electron chi connectivity index (χ4n) is 4.41. The molecule has 0 saturated carbocycles. The van der Waals surface area contributed by atoms with Crippen LogP contribution in [0, 0.1) is 17.2 Å². The van der Waals surface area contributed by atoms with Crippen molar-refractivity contribution in [1.82, 2.24) is 4.90 Å². The summed E-state index contributed by atoms with van der Waals surface area (Å²) >= 11 is 0. The molecule has 0 aromatic heterocycles. The molecule has 0 unspecified atom stereocenters. The Morgan fingerprint density at radius 1 is 0.833 bits per heavy atom. The van der Waals surface area contributed by atoms with Gasteiger partial charge in [0.1, 0.15) is 11.2 Å². The van der Waals surface area contributed by atoms with Crippen molar-refractivity contribution in [2.24, 2.45) is 5.92 Å². The van der Waals surface area contributed by atoms with Crippen molar-refractivity contribution in [2.45, 2.75) is 18.3 Å². The van der Waals surface area contributed by atoms with Gasteiger partial charge in [0.25, 0.3) is 0 Å². The van der Waals surface area contributed by atoms with Gasteiger partial charge in [0.15, 0.2) is 0 Å². The predicted octanol–water partition coefficient (Wildman–Crippen LogP) is 5.41. The van der Waals surface area contributed by atoms with Crippen LogP contribution in [0.25, 0.3) is 0 Å². The second-order valence-electron chi connectivity index (χ2n) is 7.59. The summed E-state index contributed by atoms with van der Waals surface area (Å²) in [5.41, 5.74) is 1.27. The van der Waals surface area contributed by atoms with Gasteiger partial charge in [-0.05, 0) is 42.0 Å². The lowest BCUT2D eigenvalue weighted by atomic mass is 9.64. The van der Waals surface area contributed by atoms with Gasteiger partial charge in [-0.15, -0.1) is 0 Å². The molecule has 4 heteroatoms. The lowest BCUT2D eigenvalue weighted by molar-refractivity contribution is 0.123. The highest BCUT2D eigenvalue weighted by Gasteiger charge is 2.44. The molecule has 1 saturated heterocycles. The standard InChI is InChI=1S/C26H24N2O2/c27-20-26(21-10-4-1-5-11-21,22-12-6-2-7-13-22)23-16-18-28(19-17-23)25(29)30-24-14-8-3-9-15-24/h1-15,23H,16-19H2. The quantitative estimate of drug-likeness (QED) is 0.593. The van der Waals surface area contributed by atoms with E-state index in [9.17, 15) is 10.1 Å². The third-order valence-electron chi connectivity index (χ3n) is 5.95. The van der Waals surface area contributed by atoms with Gasteiger partial charge in [-0.2, -0.15) is 5.26 Å². The van der Waals surface area contributed by atoms with Crippen LogP contribution in [0.5, 0.6) is 5.75 Å². The number of nitrogens with zero attached hydrogens (tertiary/aromatic N) is 2. The van der Waals surface area contributed by atoms with E-state index in [0.717, 1.165) is 24.0 Å². The molecule has 0 atom stereocenters. The van der Waals surface area contributed by atoms with Crippen LogP contribution in [-0.2, 0) is 5.41 Å². The SMILES string of the molecule is N#CC(c1ccccc1)(c1ccccc1)C1CCN(C(=O)Oc2ccccc2)CC1. The Bertz CT molecular complexity index is 966. The van der Waals surface area contributed by atoms with E-state index in [1.54, 1.807) is 17.0 Å². The molecule has 150 valence electrons. The zero-order chi connectivity index (χ0) is 20.8. The van der Waals surface area contributed by atoms with Gasteiger partial charge < -0.3 is 9.64 Å². The first kappa shape index (κ1) is 19.7. The number of benzene rings is 3. The number of carbonyl (C=O) groups excluding carboxylic acids is 1. The second kappa shape index (κ2) is 8.84. The molecule has 30 heavy (non-hydrogen) atoms. The monoisotopic (exact) mass is 396 g/mol. The first-order chi connectivity index (χ1) is 14.7. The maximum absolute atomic E-state index is 12.6. The van der Waals surface area contributed by atoms with Crippen LogP contribution in [-0.4, -0.2) is 24.1 Å². The molecule has 0 spiro atoms. The maximum Gasteiger partial charge on any atom is 0.415 e. The zero-order valence-electron chi connectivity index (χ0n) is 16.8. The van der Waals surface area contributed by atoms with E-state index in [1.807, 2.05) is 78.9 Å². The molecule has 0 bridgehead atoms. The summed E-state index contributed by atoms with van der Waals surface area (Å²) in [4.78, 5) is 14.3. The molecule has 1 heterocycles. The Hall–Kier alpha value is -3.58. The van der Waals surface area contributed by atoms with Gasteiger partial charge in [0.05, 0.1) is 6.07 Å². The lowest BCUT2D eigenvalue weighted by Crippen LogP contribution is -2.46. The molecular weight excluding hydrogens is 372 g/mol. The average Bonchev–Trinajstić information content (AvgIpc) is 2.82. The Balaban J connectivity index is 1.56. The fourth-order valence-corrected chi connectivity index (χ4v) is 4.41. The number of nitriles is 1. The van der Waals surface area contributed by atoms with Crippen LogP contribution in [0.2, 0.25) is 0 Å². The van der Waals surface area contributed by atoms with E-state index < -0.39 is 5.41 Å². The molecule has 1 aliphatic rings. The topological polar surface area (TPSA) is 53.3 Å². The van der Waals surface area contributed by atoms with Crippen molar-refractivity contribution in [3.05, 3.63) is 102 Å². The minimum Gasteiger partial charge on any atom is -0.410 e. The molecule has 0 N–H and O–H groups in total. The number of para-hydroxylation sites is 1. The molecule has 3 aromatic rings. The smallest absolute Gasteiger partial charge is 0.410 e. The van der Waals surface area contributed by atoms with Crippen molar-refractivity contribution < 1.29 is 9.53 Å². The fraction of sp³-hybridized carbons (Fsp3) is 0.231. The van der Waals surface area contributed by atoms with E-state index in [0.29, 0.717) is 18.8 Å². The molecule has 4 nitrogen and oxygen atoms in total. The highest BCUT2D eigenvalue weighted by molar-refractivity contribution is 5.70. The van der Waals surface area contributed by atoms with E-state index in [-0.39, 0.29) is 12.0 Å². The maximum atomic E-state index is 12.6. The summed E-state index contributed by atoms with van der Waals surface area (Å²) in [6, 6.07) is 31.8. The molecule has 3 aromatic carbocycles. The van der Waals surface area contributed by atoms with Crippen molar-refractivity contribution in [3.8, 4) is 11.8 Å². The van der Waals surface area contributed by atoms with Gasteiger partial charge >= 0.3 is 6.09 Å². The summed E-state index contributed by atoms with van der Waals surface area (Å²) < 4.78 is 5.49. The number of ether oxygens (including phenoxy) is 1. The summed E-state index contributed by atoms with van der Waals surface area (Å²) in [6.45, 7) is 1.14. The summed E-state index contributed by atoms with van der Waals surface area (Å²) in [6.07, 6.45) is 1.14. The van der Waals surface area contributed by atoms with Crippen molar-refractivity contribution in [1.29, 1.82) is 5.26 Å². The third kappa shape index (κ3) is 3.79. The Kier molecular flexibility index (Phi) is 5.81. The van der Waals surface area contributed by atoms with E-state index in [2.05, 4.69) is 6.07 Å². The molecule has 0 aliphatic carbocycles. The summed E-state index contributed by atoms with van der Waals surface area (Å²) in [5, 5.41) is 10.5. The van der Waals surface area contributed by atoms with Gasteiger partial charge in [-0.3, -0.25) is 0 Å². The van der Waals surface area contributed by atoms with Crippen LogP contribution < -0.4 is 4.74 Å².